The standard InChI is InChI=1S/C19H25ClN4O3/c1-12(2)9-24-17(21)16(18(26)23(4)19(24)27)15(25)11-22(3)10-13-5-7-14(20)8-6-13/h5-8,12H,9-11,21H2,1-4H3. The van der Waals surface area contributed by atoms with Gasteiger partial charge in [0.15, 0.2) is 5.78 Å². The fourth-order valence-corrected chi connectivity index (χ4v) is 2.99. The minimum absolute atomic E-state index is 0.00193. The number of nitrogen functional groups attached to an aromatic ring is 1. The van der Waals surface area contributed by atoms with E-state index in [0.29, 0.717) is 18.1 Å². The summed E-state index contributed by atoms with van der Waals surface area (Å²) < 4.78 is 2.23. The number of carbonyl (C=O) groups excluding carboxylic acids is 1. The van der Waals surface area contributed by atoms with Gasteiger partial charge in [0.05, 0.1) is 6.54 Å². The Morgan fingerprint density at radius 3 is 2.37 bits per heavy atom. The zero-order valence-electron chi connectivity index (χ0n) is 16.0. The molecule has 8 heteroatoms. The molecule has 0 fully saturated rings. The van der Waals surface area contributed by atoms with Crippen molar-refractivity contribution >= 4 is 23.2 Å². The van der Waals surface area contributed by atoms with Crippen molar-refractivity contribution in [2.24, 2.45) is 13.0 Å². The molecule has 27 heavy (non-hydrogen) atoms. The second-order valence-electron chi connectivity index (χ2n) is 7.13. The van der Waals surface area contributed by atoms with Crippen molar-refractivity contribution in [3.63, 3.8) is 0 Å². The van der Waals surface area contributed by atoms with E-state index < -0.39 is 17.0 Å². The lowest BCUT2D eigenvalue weighted by molar-refractivity contribution is 0.0941. The molecule has 0 saturated heterocycles. The monoisotopic (exact) mass is 392 g/mol. The molecule has 0 bridgehead atoms. The van der Waals surface area contributed by atoms with Crippen LogP contribution in [-0.2, 0) is 20.1 Å². The van der Waals surface area contributed by atoms with Gasteiger partial charge in [-0.1, -0.05) is 37.6 Å². The summed E-state index contributed by atoms with van der Waals surface area (Å²) in [6, 6.07) is 7.31. The number of rotatable bonds is 7. The minimum atomic E-state index is -0.664. The maximum atomic E-state index is 12.8. The molecule has 7 nitrogen and oxygen atoms in total. The number of ketones is 1. The molecule has 0 spiro atoms. The maximum Gasteiger partial charge on any atom is 0.332 e. The van der Waals surface area contributed by atoms with Gasteiger partial charge in [-0.15, -0.1) is 0 Å². The van der Waals surface area contributed by atoms with Crippen LogP contribution in [0.5, 0.6) is 0 Å². The van der Waals surface area contributed by atoms with E-state index in [1.165, 1.54) is 11.6 Å². The third-order valence-corrected chi connectivity index (χ3v) is 4.44. The van der Waals surface area contributed by atoms with Gasteiger partial charge in [0.2, 0.25) is 0 Å². The van der Waals surface area contributed by atoms with Gasteiger partial charge in [-0.3, -0.25) is 23.6 Å². The van der Waals surface area contributed by atoms with Crippen LogP contribution < -0.4 is 17.0 Å². The third kappa shape index (κ3) is 4.87. The average molecular weight is 393 g/mol. The fraction of sp³-hybridized carbons (Fsp3) is 0.421. The molecule has 0 aliphatic carbocycles. The molecular formula is C19H25ClN4O3. The molecular weight excluding hydrogens is 368 g/mol. The third-order valence-electron chi connectivity index (χ3n) is 4.19. The van der Waals surface area contributed by atoms with E-state index in [0.717, 1.165) is 10.1 Å². The fourth-order valence-electron chi connectivity index (χ4n) is 2.87. The number of benzene rings is 1. The number of hydrogen-bond acceptors (Lipinski definition) is 5. The number of hydrogen-bond donors (Lipinski definition) is 1. The molecule has 0 atom stereocenters. The van der Waals surface area contributed by atoms with Crippen LogP contribution in [0.15, 0.2) is 33.9 Å². The number of anilines is 1. The summed E-state index contributed by atoms with van der Waals surface area (Å²) in [5.41, 5.74) is 5.71. The number of likely N-dealkylation sites (N-methyl/N-ethyl adjacent to an activating group) is 1. The first kappa shape index (κ1) is 20.9. The molecule has 0 unspecified atom stereocenters. The first-order chi connectivity index (χ1) is 12.6. The Balaban J connectivity index is 2.29. The SMILES string of the molecule is CC(C)Cn1c(N)c(C(=O)CN(C)Cc2ccc(Cl)cc2)c(=O)n(C)c1=O. The zero-order chi connectivity index (χ0) is 20.3. The topological polar surface area (TPSA) is 90.3 Å². The van der Waals surface area contributed by atoms with Crippen LogP contribution in [0.1, 0.15) is 29.8 Å². The van der Waals surface area contributed by atoms with Crippen molar-refractivity contribution in [2.45, 2.75) is 26.9 Å². The Labute approximate surface area is 163 Å². The summed E-state index contributed by atoms with van der Waals surface area (Å²) in [4.78, 5) is 39.4. The molecule has 1 aromatic heterocycles. The summed E-state index contributed by atoms with van der Waals surface area (Å²) in [6.07, 6.45) is 0. The normalized spacial score (nSPS) is 11.4. The molecule has 0 saturated carbocycles. The van der Waals surface area contributed by atoms with Crippen LogP contribution in [0.2, 0.25) is 5.02 Å². The van der Waals surface area contributed by atoms with Crippen LogP contribution in [0.3, 0.4) is 0 Å². The summed E-state index contributed by atoms with van der Waals surface area (Å²) in [5.74, 6) is -0.346. The van der Waals surface area contributed by atoms with Gasteiger partial charge >= 0.3 is 5.69 Å². The molecule has 0 aliphatic heterocycles. The van der Waals surface area contributed by atoms with E-state index in [2.05, 4.69) is 0 Å². The number of aromatic nitrogens is 2. The van der Waals surface area contributed by atoms with E-state index >= 15 is 0 Å². The van der Waals surface area contributed by atoms with E-state index in [-0.39, 0.29) is 23.8 Å². The lowest BCUT2D eigenvalue weighted by atomic mass is 10.1. The highest BCUT2D eigenvalue weighted by atomic mass is 35.5. The molecule has 2 rings (SSSR count). The summed E-state index contributed by atoms with van der Waals surface area (Å²) >= 11 is 5.88. The highest BCUT2D eigenvalue weighted by Crippen LogP contribution is 2.12. The Kier molecular flexibility index (Phi) is 6.62. The summed E-state index contributed by atoms with van der Waals surface area (Å²) in [6.45, 7) is 4.70. The molecule has 0 amide bonds. The van der Waals surface area contributed by atoms with E-state index in [4.69, 9.17) is 17.3 Å². The van der Waals surface area contributed by atoms with E-state index in [9.17, 15) is 14.4 Å². The Morgan fingerprint density at radius 2 is 1.81 bits per heavy atom. The van der Waals surface area contributed by atoms with Gasteiger partial charge in [-0.2, -0.15) is 0 Å². The largest absolute Gasteiger partial charge is 0.384 e. The predicted octanol–water partition coefficient (Wildman–Crippen LogP) is 1.75. The number of nitrogens with two attached hydrogens (primary N) is 1. The Morgan fingerprint density at radius 1 is 1.22 bits per heavy atom. The van der Waals surface area contributed by atoms with E-state index in [1.54, 1.807) is 24.1 Å². The molecule has 146 valence electrons. The van der Waals surface area contributed by atoms with Crippen LogP contribution >= 0.6 is 11.6 Å². The highest BCUT2D eigenvalue weighted by Gasteiger charge is 2.22. The van der Waals surface area contributed by atoms with Crippen molar-refractivity contribution < 1.29 is 4.79 Å². The lowest BCUT2D eigenvalue weighted by Crippen LogP contribution is -2.44. The maximum absolute atomic E-state index is 12.8. The Hall–Kier alpha value is -2.38. The van der Waals surface area contributed by atoms with Crippen LogP contribution in [0, 0.1) is 5.92 Å². The van der Waals surface area contributed by atoms with Crippen molar-refractivity contribution in [3.8, 4) is 0 Å². The Bertz CT molecular complexity index is 945. The van der Waals surface area contributed by atoms with Gasteiger partial charge in [-0.05, 0) is 30.7 Å². The van der Waals surface area contributed by atoms with Crippen LogP contribution in [0.25, 0.3) is 0 Å². The van der Waals surface area contributed by atoms with Crippen molar-refractivity contribution in [1.29, 1.82) is 0 Å². The van der Waals surface area contributed by atoms with E-state index in [1.807, 2.05) is 26.0 Å². The number of Topliss-reactive ketones (excluding diaryl/α,β-unsaturated/α-hetero) is 1. The van der Waals surface area contributed by atoms with Gasteiger partial charge in [-0.25, -0.2) is 4.79 Å². The van der Waals surface area contributed by atoms with Gasteiger partial charge in [0.25, 0.3) is 5.56 Å². The first-order valence-electron chi connectivity index (χ1n) is 8.67. The molecule has 0 radical (unpaired) electrons. The number of carbonyl (C=O) groups is 1. The molecule has 2 N–H and O–H groups in total. The number of halogens is 1. The predicted molar refractivity (Wildman–Crippen MR) is 107 cm³/mol. The smallest absolute Gasteiger partial charge is 0.332 e. The van der Waals surface area contributed by atoms with Crippen molar-refractivity contribution in [1.82, 2.24) is 14.0 Å². The summed E-state index contributed by atoms with van der Waals surface area (Å²) in [7, 11) is 3.13. The average Bonchev–Trinajstić information content (AvgIpc) is 2.59. The van der Waals surface area contributed by atoms with Crippen LogP contribution in [0.4, 0.5) is 5.82 Å². The second kappa shape index (κ2) is 8.54. The second-order valence-corrected chi connectivity index (χ2v) is 7.57. The van der Waals surface area contributed by atoms with Crippen molar-refractivity contribution in [2.75, 3.05) is 19.3 Å². The quantitative estimate of drug-likeness (QED) is 0.725. The zero-order valence-corrected chi connectivity index (χ0v) is 16.8. The van der Waals surface area contributed by atoms with Gasteiger partial charge < -0.3 is 5.73 Å². The highest BCUT2D eigenvalue weighted by molar-refractivity contribution is 6.30. The van der Waals surface area contributed by atoms with Crippen molar-refractivity contribution in [3.05, 3.63) is 61.3 Å². The molecule has 0 aliphatic rings. The van der Waals surface area contributed by atoms with Gasteiger partial charge in [0, 0.05) is 25.2 Å². The lowest BCUT2D eigenvalue weighted by Gasteiger charge is -2.19. The molecule has 1 aromatic carbocycles. The van der Waals surface area contributed by atoms with Crippen LogP contribution in [-0.4, -0.2) is 33.4 Å². The first-order valence-corrected chi connectivity index (χ1v) is 9.05. The minimum Gasteiger partial charge on any atom is -0.384 e. The van der Waals surface area contributed by atoms with Gasteiger partial charge in [0.1, 0.15) is 11.4 Å². The molecule has 2 aromatic rings. The molecule has 1 heterocycles. The summed E-state index contributed by atoms with van der Waals surface area (Å²) in [5, 5.41) is 0.640. The number of nitrogens with zero attached hydrogens (tertiary/aromatic N) is 3.